The number of amides is 1. The predicted molar refractivity (Wildman–Crippen MR) is 120 cm³/mol. The van der Waals surface area contributed by atoms with E-state index >= 15 is 0 Å². The molecule has 1 aliphatic heterocycles. The number of carbonyl (C=O) groups is 1. The molecule has 160 valence electrons. The number of carbonyl (C=O) groups excluding carboxylic acids is 1. The molecule has 0 saturated heterocycles. The van der Waals surface area contributed by atoms with Crippen molar-refractivity contribution in [2.75, 3.05) is 5.32 Å². The number of anilines is 1. The van der Waals surface area contributed by atoms with Crippen LogP contribution in [0.1, 0.15) is 50.4 Å². The Balaban J connectivity index is 1.66. The number of nitrogens with two attached hydrogens (primary N) is 1. The number of para-hydroxylation sites is 1. The van der Waals surface area contributed by atoms with Gasteiger partial charge < -0.3 is 15.8 Å². The third-order valence-electron chi connectivity index (χ3n) is 5.49. The number of hydrogen-bond acceptors (Lipinski definition) is 5. The van der Waals surface area contributed by atoms with Crippen molar-refractivity contribution in [3.63, 3.8) is 0 Å². The van der Waals surface area contributed by atoms with Crippen LogP contribution in [0.15, 0.2) is 66.1 Å². The first-order valence-corrected chi connectivity index (χ1v) is 10.2. The molecule has 0 radical (unpaired) electrons. The molecule has 0 aliphatic carbocycles. The second kappa shape index (κ2) is 7.91. The van der Waals surface area contributed by atoms with E-state index in [-0.39, 0.29) is 5.41 Å². The summed E-state index contributed by atoms with van der Waals surface area (Å²) in [6.45, 7) is 8.80. The Kier molecular flexibility index (Phi) is 5.27. The van der Waals surface area contributed by atoms with E-state index in [9.17, 15) is 4.79 Å². The van der Waals surface area contributed by atoms with Crippen LogP contribution in [0.2, 0.25) is 0 Å². The van der Waals surface area contributed by atoms with Crippen molar-refractivity contribution in [2.24, 2.45) is 5.73 Å². The molecule has 7 nitrogen and oxygen atoms in total. The summed E-state index contributed by atoms with van der Waals surface area (Å²) in [5.74, 6) is 0.714. The highest BCUT2D eigenvalue weighted by atomic mass is 16.5. The van der Waals surface area contributed by atoms with Crippen molar-refractivity contribution in [1.82, 2.24) is 14.8 Å². The van der Waals surface area contributed by atoms with Crippen molar-refractivity contribution >= 4 is 11.9 Å². The zero-order valence-electron chi connectivity index (χ0n) is 18.2. The number of fused-ring (bicyclic) bond motifs is 1. The monoisotopic (exact) mass is 417 g/mol. The highest BCUT2D eigenvalue weighted by Gasteiger charge is 2.34. The van der Waals surface area contributed by atoms with E-state index < -0.39 is 11.9 Å². The Bertz CT molecular complexity index is 1140. The molecule has 2 heterocycles. The quantitative estimate of drug-likeness (QED) is 0.656. The molecule has 1 aliphatic rings. The van der Waals surface area contributed by atoms with Gasteiger partial charge in [0, 0.05) is 11.3 Å². The van der Waals surface area contributed by atoms with E-state index in [2.05, 4.69) is 60.4 Å². The van der Waals surface area contributed by atoms with Crippen LogP contribution in [-0.2, 0) is 16.8 Å². The van der Waals surface area contributed by atoms with Gasteiger partial charge in [-0.2, -0.15) is 10.1 Å². The van der Waals surface area contributed by atoms with Crippen LogP contribution in [0.5, 0.6) is 5.75 Å². The maximum atomic E-state index is 12.3. The molecule has 0 fully saturated rings. The molecule has 1 atom stereocenters. The van der Waals surface area contributed by atoms with E-state index in [1.165, 1.54) is 11.9 Å². The fourth-order valence-corrected chi connectivity index (χ4v) is 3.80. The van der Waals surface area contributed by atoms with Crippen LogP contribution in [0.25, 0.3) is 0 Å². The Morgan fingerprint density at radius 1 is 1.16 bits per heavy atom. The molecule has 2 aromatic carbocycles. The molecular weight excluding hydrogens is 390 g/mol. The minimum atomic E-state index is -0.518. The third kappa shape index (κ3) is 4.03. The molecular formula is C24H27N5O2. The van der Waals surface area contributed by atoms with Gasteiger partial charge in [-0.1, -0.05) is 63.2 Å². The Morgan fingerprint density at radius 2 is 1.87 bits per heavy atom. The van der Waals surface area contributed by atoms with Crippen LogP contribution >= 0.6 is 0 Å². The van der Waals surface area contributed by atoms with Crippen LogP contribution < -0.4 is 15.8 Å². The second-order valence-corrected chi connectivity index (χ2v) is 8.73. The molecule has 0 saturated carbocycles. The lowest BCUT2D eigenvalue weighted by molar-refractivity contribution is -0.115. The Labute approximate surface area is 181 Å². The van der Waals surface area contributed by atoms with Crippen LogP contribution in [0.4, 0.5) is 5.95 Å². The average molecular weight is 418 g/mol. The van der Waals surface area contributed by atoms with E-state index in [0.717, 1.165) is 11.1 Å². The van der Waals surface area contributed by atoms with Crippen molar-refractivity contribution in [2.45, 2.75) is 45.8 Å². The van der Waals surface area contributed by atoms with Gasteiger partial charge in [-0.25, -0.2) is 4.68 Å². The van der Waals surface area contributed by atoms with Gasteiger partial charge in [-0.15, -0.1) is 0 Å². The Hall–Kier alpha value is -3.61. The lowest BCUT2D eigenvalue weighted by atomic mass is 9.87. The van der Waals surface area contributed by atoms with Gasteiger partial charge in [0.15, 0.2) is 0 Å². The largest absolute Gasteiger partial charge is 0.489 e. The summed E-state index contributed by atoms with van der Waals surface area (Å²) in [4.78, 5) is 16.5. The van der Waals surface area contributed by atoms with Crippen molar-refractivity contribution in [3.05, 3.63) is 82.8 Å². The van der Waals surface area contributed by atoms with Gasteiger partial charge in [-0.05, 0) is 29.5 Å². The van der Waals surface area contributed by atoms with Gasteiger partial charge in [0.1, 0.15) is 24.7 Å². The number of benzene rings is 2. The molecule has 0 bridgehead atoms. The SMILES string of the molecule is CC1=C(C(N)=O)C(c2ccccc2OCc2ccc(C(C)(C)C)cc2)n2ncnc2N1. The number of nitrogens with one attached hydrogen (secondary N) is 1. The normalized spacial score (nSPS) is 15.9. The summed E-state index contributed by atoms with van der Waals surface area (Å²) in [7, 11) is 0. The summed E-state index contributed by atoms with van der Waals surface area (Å²) in [6.07, 6.45) is 1.45. The first-order valence-electron chi connectivity index (χ1n) is 10.2. The number of primary amides is 1. The van der Waals surface area contributed by atoms with Gasteiger partial charge in [0.25, 0.3) is 0 Å². The standard InChI is InChI=1S/C24H27N5O2/c1-15-20(22(25)30)21(29-23(28-15)26-14-27-29)18-7-5-6-8-19(18)31-13-16-9-11-17(12-10-16)24(2,3)4/h5-12,14,21H,13H2,1-4H3,(H2,25,30)(H,26,27,28). The zero-order valence-corrected chi connectivity index (χ0v) is 18.2. The van der Waals surface area contributed by atoms with Crippen LogP contribution in [0.3, 0.4) is 0 Å². The van der Waals surface area contributed by atoms with Gasteiger partial charge in [-0.3, -0.25) is 4.79 Å². The average Bonchev–Trinajstić information content (AvgIpc) is 3.19. The molecule has 1 aromatic heterocycles. The zero-order chi connectivity index (χ0) is 22.2. The topological polar surface area (TPSA) is 95.1 Å². The minimum Gasteiger partial charge on any atom is -0.489 e. The van der Waals surface area contributed by atoms with E-state index in [1.54, 1.807) is 4.68 Å². The predicted octanol–water partition coefficient (Wildman–Crippen LogP) is 3.93. The third-order valence-corrected chi connectivity index (χ3v) is 5.49. The summed E-state index contributed by atoms with van der Waals surface area (Å²) in [5.41, 5.74) is 10.1. The van der Waals surface area contributed by atoms with E-state index in [0.29, 0.717) is 29.6 Å². The molecule has 1 amide bonds. The smallest absolute Gasteiger partial charge is 0.248 e. The fourth-order valence-electron chi connectivity index (χ4n) is 3.80. The molecule has 4 rings (SSSR count). The number of nitrogens with zero attached hydrogens (tertiary/aromatic N) is 3. The first kappa shape index (κ1) is 20.7. The molecule has 0 spiro atoms. The summed E-state index contributed by atoms with van der Waals surface area (Å²) in [5, 5.41) is 7.41. The fraction of sp³-hybridized carbons (Fsp3) is 0.292. The Morgan fingerprint density at radius 3 is 2.55 bits per heavy atom. The summed E-state index contributed by atoms with van der Waals surface area (Å²) < 4.78 is 7.86. The molecule has 7 heteroatoms. The van der Waals surface area contributed by atoms with E-state index in [4.69, 9.17) is 10.5 Å². The van der Waals surface area contributed by atoms with Gasteiger partial charge in [0.2, 0.25) is 11.9 Å². The molecule has 3 N–H and O–H groups in total. The number of allylic oxidation sites excluding steroid dienone is 1. The number of rotatable bonds is 5. The second-order valence-electron chi connectivity index (χ2n) is 8.73. The highest BCUT2D eigenvalue weighted by molar-refractivity contribution is 5.95. The lowest BCUT2D eigenvalue weighted by Gasteiger charge is -2.28. The number of aromatic nitrogens is 3. The van der Waals surface area contributed by atoms with E-state index in [1.807, 2.05) is 31.2 Å². The molecule has 31 heavy (non-hydrogen) atoms. The van der Waals surface area contributed by atoms with Gasteiger partial charge in [0.05, 0.1) is 5.57 Å². The lowest BCUT2D eigenvalue weighted by Crippen LogP contribution is -2.32. The molecule has 1 unspecified atom stereocenters. The maximum absolute atomic E-state index is 12.3. The van der Waals surface area contributed by atoms with Crippen LogP contribution in [0, 0.1) is 0 Å². The van der Waals surface area contributed by atoms with Crippen molar-refractivity contribution in [1.29, 1.82) is 0 Å². The first-order chi connectivity index (χ1) is 14.8. The highest BCUT2D eigenvalue weighted by Crippen LogP contribution is 2.38. The van der Waals surface area contributed by atoms with Crippen molar-refractivity contribution in [3.8, 4) is 5.75 Å². The summed E-state index contributed by atoms with van der Waals surface area (Å²) >= 11 is 0. The van der Waals surface area contributed by atoms with Gasteiger partial charge >= 0.3 is 0 Å². The molecule has 3 aromatic rings. The minimum absolute atomic E-state index is 0.103. The summed E-state index contributed by atoms with van der Waals surface area (Å²) in [6, 6.07) is 15.6. The maximum Gasteiger partial charge on any atom is 0.248 e. The van der Waals surface area contributed by atoms with Crippen molar-refractivity contribution < 1.29 is 9.53 Å². The number of hydrogen-bond donors (Lipinski definition) is 2. The number of ether oxygens (including phenoxy) is 1. The van der Waals surface area contributed by atoms with Crippen LogP contribution in [-0.4, -0.2) is 20.7 Å².